The van der Waals surface area contributed by atoms with E-state index in [0.717, 1.165) is 7.11 Å². The van der Waals surface area contributed by atoms with Gasteiger partial charge in [-0.25, -0.2) is 0 Å². The largest absolute Gasteiger partial charge is 2.00 e. The molecule has 5 heavy (non-hydrogen) atoms. The fraction of sp³-hybridized carbons (Fsp3) is 1.00. The Morgan fingerprint density at radius 3 is 1.00 bits per heavy atom. The number of hydrogen-bond donors (Lipinski definition) is 1. The maximum absolute atomic E-state index is 7.00. The molecule has 0 saturated heterocycles. The summed E-state index contributed by atoms with van der Waals surface area (Å²) in [5.74, 6) is 0. The summed E-state index contributed by atoms with van der Waals surface area (Å²) in [4.78, 5) is 0. The zero-order chi connectivity index (χ0) is 2.00. The van der Waals surface area contributed by atoms with E-state index in [9.17, 15) is 0 Å². The first kappa shape index (κ1) is 30.0. The number of rotatable bonds is 0. The van der Waals surface area contributed by atoms with Crippen LogP contribution in [0.5, 0.6) is 0 Å². The normalized spacial score (nSPS) is 1.20. The smallest absolute Gasteiger partial charge is 1.00 e. The van der Waals surface area contributed by atoms with Crippen LogP contribution in [0.4, 0.5) is 0 Å². The topological polar surface area (TPSA) is 20.2 Å². The second kappa shape index (κ2) is 43.9. The summed E-state index contributed by atoms with van der Waals surface area (Å²) in [6, 6.07) is 0. The molecule has 0 aromatic rings. The molecule has 0 bridgehead atoms. The summed E-state index contributed by atoms with van der Waals surface area (Å²) in [5.41, 5.74) is 0. The minimum Gasteiger partial charge on any atom is -1.00 e. The van der Waals surface area contributed by atoms with Gasteiger partial charge in [-0.3, -0.25) is 0 Å². The molecular formula is CH4Br2MgO. The molecule has 0 aliphatic rings. The number of halogens is 2. The molecule has 0 aromatic heterocycles. The summed E-state index contributed by atoms with van der Waals surface area (Å²) < 4.78 is 0. The van der Waals surface area contributed by atoms with E-state index in [0.29, 0.717) is 0 Å². The van der Waals surface area contributed by atoms with Crippen molar-refractivity contribution in [2.75, 3.05) is 7.11 Å². The fourth-order valence-corrected chi connectivity index (χ4v) is 0. The Bertz CT molecular complexity index is 9.61. The molecule has 0 atom stereocenters. The summed E-state index contributed by atoms with van der Waals surface area (Å²) in [6.07, 6.45) is 0. The van der Waals surface area contributed by atoms with Crippen LogP contribution in [0.3, 0.4) is 0 Å². The number of aliphatic hydroxyl groups is 1. The van der Waals surface area contributed by atoms with Crippen LogP contribution in [0.15, 0.2) is 0 Å². The molecule has 0 aromatic carbocycles. The Morgan fingerprint density at radius 2 is 1.00 bits per heavy atom. The van der Waals surface area contributed by atoms with Crippen molar-refractivity contribution < 1.29 is 39.1 Å². The van der Waals surface area contributed by atoms with E-state index >= 15 is 0 Å². The van der Waals surface area contributed by atoms with E-state index in [2.05, 4.69) is 0 Å². The molecule has 30 valence electrons. The van der Waals surface area contributed by atoms with Crippen LogP contribution >= 0.6 is 0 Å². The van der Waals surface area contributed by atoms with Gasteiger partial charge in [0.2, 0.25) is 0 Å². The van der Waals surface area contributed by atoms with Crippen LogP contribution < -0.4 is 34.0 Å². The number of hydrogen-bond acceptors (Lipinski definition) is 1. The Labute approximate surface area is 68.8 Å². The standard InChI is InChI=1S/CH4O.2BrH.Mg/c1-2;;;/h2H,1H3;2*1H;/q;;;+2/p-2. The summed E-state index contributed by atoms with van der Waals surface area (Å²) in [6.45, 7) is 0. The van der Waals surface area contributed by atoms with Crippen molar-refractivity contribution in [2.45, 2.75) is 0 Å². The van der Waals surface area contributed by atoms with Gasteiger partial charge < -0.3 is 39.1 Å². The molecule has 0 aliphatic carbocycles. The predicted molar refractivity (Wildman–Crippen MR) is 13.9 cm³/mol. The first-order valence-corrected chi connectivity index (χ1v) is 0.447. The molecule has 0 fully saturated rings. The van der Waals surface area contributed by atoms with E-state index in [1.165, 1.54) is 0 Å². The van der Waals surface area contributed by atoms with Crippen LogP contribution in [0.1, 0.15) is 0 Å². The van der Waals surface area contributed by atoms with Crippen molar-refractivity contribution in [1.82, 2.24) is 0 Å². The Balaban J connectivity index is -0.00000000167. The molecule has 0 saturated carbocycles. The third-order valence-corrected chi connectivity index (χ3v) is 0. The van der Waals surface area contributed by atoms with Gasteiger partial charge in [-0.1, -0.05) is 0 Å². The van der Waals surface area contributed by atoms with Gasteiger partial charge in [0, 0.05) is 7.11 Å². The van der Waals surface area contributed by atoms with Gasteiger partial charge in [-0.2, -0.15) is 0 Å². The molecule has 0 aliphatic heterocycles. The molecule has 0 rings (SSSR count). The zero-order valence-corrected chi connectivity index (χ0v) is 7.50. The van der Waals surface area contributed by atoms with E-state index in [-0.39, 0.29) is 57.0 Å². The van der Waals surface area contributed by atoms with Gasteiger partial charge in [0.1, 0.15) is 0 Å². The minimum atomic E-state index is 0. The molecule has 1 N–H and O–H groups in total. The average molecular weight is 216 g/mol. The first-order valence-electron chi connectivity index (χ1n) is 0.447. The second-order valence-corrected chi connectivity index (χ2v) is 0. The molecule has 0 heterocycles. The van der Waals surface area contributed by atoms with Crippen LogP contribution in [0, 0.1) is 0 Å². The van der Waals surface area contributed by atoms with Crippen LogP contribution in [0.2, 0.25) is 0 Å². The fourth-order valence-electron chi connectivity index (χ4n) is 0. The van der Waals surface area contributed by atoms with Crippen molar-refractivity contribution >= 4 is 23.1 Å². The van der Waals surface area contributed by atoms with Crippen molar-refractivity contribution in [1.29, 1.82) is 0 Å². The molecule has 0 radical (unpaired) electrons. The van der Waals surface area contributed by atoms with Crippen LogP contribution in [0.25, 0.3) is 0 Å². The molecule has 0 spiro atoms. The number of aliphatic hydroxyl groups excluding tert-OH is 1. The molecule has 4 heteroatoms. The monoisotopic (exact) mass is 214 g/mol. The van der Waals surface area contributed by atoms with E-state index in [1.54, 1.807) is 0 Å². The van der Waals surface area contributed by atoms with Crippen molar-refractivity contribution in [2.24, 2.45) is 0 Å². The van der Waals surface area contributed by atoms with Gasteiger partial charge in [0.05, 0.1) is 0 Å². The molecule has 1 nitrogen and oxygen atoms in total. The molecular weight excluding hydrogens is 212 g/mol. The van der Waals surface area contributed by atoms with Gasteiger partial charge in [-0.15, -0.1) is 0 Å². The van der Waals surface area contributed by atoms with Gasteiger partial charge in [0.15, 0.2) is 0 Å². The Kier molecular flexibility index (Phi) is 263. The summed E-state index contributed by atoms with van der Waals surface area (Å²) >= 11 is 0. The van der Waals surface area contributed by atoms with Crippen LogP contribution in [-0.2, 0) is 0 Å². The van der Waals surface area contributed by atoms with E-state index < -0.39 is 0 Å². The quantitative estimate of drug-likeness (QED) is 0.399. The molecule has 0 unspecified atom stereocenters. The third-order valence-electron chi connectivity index (χ3n) is 0. The van der Waals surface area contributed by atoms with Gasteiger partial charge >= 0.3 is 23.1 Å². The first-order chi connectivity index (χ1) is 1.00. The maximum Gasteiger partial charge on any atom is 2.00 e. The average Bonchev–Trinajstić information content (AvgIpc) is 1.00. The Hall–Kier alpha value is 1.69. The zero-order valence-electron chi connectivity index (χ0n) is 2.91. The van der Waals surface area contributed by atoms with Crippen molar-refractivity contribution in [3.05, 3.63) is 0 Å². The maximum atomic E-state index is 7.00. The predicted octanol–water partition coefficient (Wildman–Crippen LogP) is -6.76. The van der Waals surface area contributed by atoms with E-state index in [4.69, 9.17) is 5.11 Å². The third kappa shape index (κ3) is 27.2. The summed E-state index contributed by atoms with van der Waals surface area (Å²) in [7, 11) is 1.00. The minimum absolute atomic E-state index is 0. The van der Waals surface area contributed by atoms with E-state index in [1.807, 2.05) is 0 Å². The second-order valence-electron chi connectivity index (χ2n) is 0. The van der Waals surface area contributed by atoms with Gasteiger partial charge in [0.25, 0.3) is 0 Å². The molecule has 0 amide bonds. The summed E-state index contributed by atoms with van der Waals surface area (Å²) in [5, 5.41) is 7.00. The van der Waals surface area contributed by atoms with Crippen molar-refractivity contribution in [3.63, 3.8) is 0 Å². The van der Waals surface area contributed by atoms with Gasteiger partial charge in [-0.05, 0) is 0 Å². The van der Waals surface area contributed by atoms with Crippen LogP contribution in [-0.4, -0.2) is 35.3 Å². The Morgan fingerprint density at radius 1 is 1.00 bits per heavy atom. The SMILES string of the molecule is CO.[Br-].[Br-].[Mg+2]. The van der Waals surface area contributed by atoms with Crippen molar-refractivity contribution in [3.8, 4) is 0 Å².